The van der Waals surface area contributed by atoms with Gasteiger partial charge >= 0.3 is 0 Å². The second-order valence-electron chi connectivity index (χ2n) is 5.33. The Morgan fingerprint density at radius 1 is 1.26 bits per heavy atom. The van der Waals surface area contributed by atoms with Crippen LogP contribution in [-0.2, 0) is 6.42 Å². The molecule has 0 spiro atoms. The van der Waals surface area contributed by atoms with E-state index < -0.39 is 0 Å². The lowest BCUT2D eigenvalue weighted by Crippen LogP contribution is -2.27. The van der Waals surface area contributed by atoms with E-state index in [4.69, 9.17) is 0 Å². The number of rotatable bonds is 6. The number of pyridine rings is 1. The summed E-state index contributed by atoms with van der Waals surface area (Å²) >= 11 is 0. The highest BCUT2D eigenvalue weighted by atomic mass is 14.9. The first kappa shape index (κ1) is 14.0. The summed E-state index contributed by atoms with van der Waals surface area (Å²) in [5, 5.41) is 4.85. The highest BCUT2D eigenvalue weighted by molar-refractivity contribution is 5.82. The summed E-state index contributed by atoms with van der Waals surface area (Å²) in [6.07, 6.45) is 3.48. The minimum atomic E-state index is 0.576. The van der Waals surface area contributed by atoms with Crippen molar-refractivity contribution in [2.45, 2.75) is 46.1 Å². The molecule has 1 aromatic carbocycles. The molecule has 1 atom stereocenters. The molecule has 2 aromatic rings. The van der Waals surface area contributed by atoms with Crippen LogP contribution in [0, 0.1) is 6.92 Å². The molecule has 1 heterocycles. The maximum absolute atomic E-state index is 4.60. The minimum absolute atomic E-state index is 0.576. The number of aromatic nitrogens is 1. The van der Waals surface area contributed by atoms with Crippen LogP contribution in [0.3, 0.4) is 0 Å². The molecule has 1 N–H and O–H groups in total. The zero-order chi connectivity index (χ0) is 13.7. The molecule has 2 rings (SSSR count). The van der Waals surface area contributed by atoms with Crippen molar-refractivity contribution >= 4 is 10.9 Å². The number of fused-ring (bicyclic) bond motifs is 1. The van der Waals surface area contributed by atoms with Gasteiger partial charge in [0.05, 0.1) is 5.52 Å². The van der Waals surface area contributed by atoms with E-state index in [1.165, 1.54) is 23.8 Å². The third kappa shape index (κ3) is 3.77. The first-order valence-corrected chi connectivity index (χ1v) is 7.29. The molecule has 2 heteroatoms. The van der Waals surface area contributed by atoms with Gasteiger partial charge in [-0.15, -0.1) is 0 Å². The van der Waals surface area contributed by atoms with E-state index in [1.54, 1.807) is 0 Å². The fraction of sp³-hybridized carbons (Fsp3) is 0.471. The average Bonchev–Trinajstić information content (AvgIpc) is 2.42. The Balaban J connectivity index is 2.11. The van der Waals surface area contributed by atoms with Crippen molar-refractivity contribution in [3.05, 3.63) is 41.6 Å². The molecule has 0 radical (unpaired) electrons. The van der Waals surface area contributed by atoms with Gasteiger partial charge in [0.25, 0.3) is 0 Å². The second kappa shape index (κ2) is 6.67. The van der Waals surface area contributed by atoms with Crippen LogP contribution in [0.5, 0.6) is 0 Å². The molecule has 0 saturated carbocycles. The molecule has 0 aliphatic rings. The third-order valence-corrected chi connectivity index (χ3v) is 3.52. The van der Waals surface area contributed by atoms with Crippen LogP contribution in [0.1, 0.15) is 37.9 Å². The predicted molar refractivity (Wildman–Crippen MR) is 82.6 cm³/mol. The van der Waals surface area contributed by atoms with Crippen LogP contribution in [0.15, 0.2) is 30.3 Å². The normalized spacial score (nSPS) is 12.8. The number of aryl methyl sites for hydroxylation is 2. The molecule has 19 heavy (non-hydrogen) atoms. The Morgan fingerprint density at radius 3 is 2.84 bits per heavy atom. The summed E-state index contributed by atoms with van der Waals surface area (Å²) in [5.74, 6) is 0. The largest absolute Gasteiger partial charge is 0.314 e. The van der Waals surface area contributed by atoms with E-state index in [0.29, 0.717) is 6.04 Å². The summed E-state index contributed by atoms with van der Waals surface area (Å²) in [6.45, 7) is 7.66. The van der Waals surface area contributed by atoms with E-state index >= 15 is 0 Å². The molecular weight excluding hydrogens is 232 g/mol. The van der Waals surface area contributed by atoms with Crippen molar-refractivity contribution in [1.29, 1.82) is 0 Å². The lowest BCUT2D eigenvalue weighted by Gasteiger charge is -2.14. The molecule has 2 nitrogen and oxygen atoms in total. The molecule has 0 amide bonds. The summed E-state index contributed by atoms with van der Waals surface area (Å²) in [6, 6.07) is 11.2. The van der Waals surface area contributed by atoms with E-state index in [0.717, 1.165) is 24.2 Å². The highest BCUT2D eigenvalue weighted by Crippen LogP contribution is 2.19. The fourth-order valence-corrected chi connectivity index (χ4v) is 2.47. The van der Waals surface area contributed by atoms with Crippen molar-refractivity contribution in [3.8, 4) is 0 Å². The number of nitrogens with one attached hydrogen (secondary N) is 1. The Labute approximate surface area is 116 Å². The number of hydrogen-bond acceptors (Lipinski definition) is 2. The Hall–Kier alpha value is -1.41. The van der Waals surface area contributed by atoms with Crippen molar-refractivity contribution in [2.75, 3.05) is 6.54 Å². The van der Waals surface area contributed by atoms with Gasteiger partial charge < -0.3 is 5.32 Å². The number of para-hydroxylation sites is 1. The van der Waals surface area contributed by atoms with Gasteiger partial charge in [0.1, 0.15) is 0 Å². The second-order valence-corrected chi connectivity index (χ2v) is 5.33. The number of benzene rings is 1. The topological polar surface area (TPSA) is 24.9 Å². The highest BCUT2D eigenvalue weighted by Gasteiger charge is 2.06. The molecular formula is C17H24N2. The quantitative estimate of drug-likeness (QED) is 0.849. The lowest BCUT2D eigenvalue weighted by atomic mass is 10.0. The number of hydrogen-bond donors (Lipinski definition) is 1. The van der Waals surface area contributed by atoms with Crippen molar-refractivity contribution in [3.63, 3.8) is 0 Å². The standard InChI is InChI=1S/C17H24N2/c1-4-11-18-13(2)9-10-15-12-14(3)19-17-8-6-5-7-16(15)17/h5-8,12-13,18H,4,9-11H2,1-3H3. The van der Waals surface area contributed by atoms with Crippen LogP contribution in [0.25, 0.3) is 10.9 Å². The monoisotopic (exact) mass is 256 g/mol. The van der Waals surface area contributed by atoms with Crippen LogP contribution in [0.4, 0.5) is 0 Å². The van der Waals surface area contributed by atoms with Crippen molar-refractivity contribution in [1.82, 2.24) is 10.3 Å². The predicted octanol–water partition coefficient (Wildman–Crippen LogP) is 3.86. The Kier molecular flexibility index (Phi) is 4.92. The minimum Gasteiger partial charge on any atom is -0.314 e. The zero-order valence-electron chi connectivity index (χ0n) is 12.2. The lowest BCUT2D eigenvalue weighted by molar-refractivity contribution is 0.514. The number of nitrogens with zero attached hydrogens (tertiary/aromatic N) is 1. The summed E-state index contributed by atoms with van der Waals surface area (Å²) in [5.41, 5.74) is 3.66. The van der Waals surface area contributed by atoms with Crippen molar-refractivity contribution in [2.24, 2.45) is 0 Å². The molecule has 1 unspecified atom stereocenters. The van der Waals surface area contributed by atoms with E-state index in [-0.39, 0.29) is 0 Å². The maximum Gasteiger partial charge on any atom is 0.0707 e. The molecule has 1 aromatic heterocycles. The van der Waals surface area contributed by atoms with Crippen LogP contribution >= 0.6 is 0 Å². The van der Waals surface area contributed by atoms with E-state index in [9.17, 15) is 0 Å². The molecule has 0 bridgehead atoms. The van der Waals surface area contributed by atoms with Crippen LogP contribution < -0.4 is 5.32 Å². The smallest absolute Gasteiger partial charge is 0.0707 e. The zero-order valence-corrected chi connectivity index (χ0v) is 12.2. The van der Waals surface area contributed by atoms with Gasteiger partial charge in [0.2, 0.25) is 0 Å². The van der Waals surface area contributed by atoms with E-state index in [2.05, 4.69) is 61.4 Å². The van der Waals surface area contributed by atoms with Gasteiger partial charge in [-0.2, -0.15) is 0 Å². The van der Waals surface area contributed by atoms with Gasteiger partial charge in [-0.3, -0.25) is 4.98 Å². The van der Waals surface area contributed by atoms with Gasteiger partial charge in [-0.1, -0.05) is 25.1 Å². The van der Waals surface area contributed by atoms with Gasteiger partial charge in [0, 0.05) is 17.1 Å². The molecule has 0 saturated heterocycles. The van der Waals surface area contributed by atoms with Crippen LogP contribution in [-0.4, -0.2) is 17.6 Å². The Morgan fingerprint density at radius 2 is 2.05 bits per heavy atom. The summed E-state index contributed by atoms with van der Waals surface area (Å²) in [4.78, 5) is 4.60. The summed E-state index contributed by atoms with van der Waals surface area (Å²) in [7, 11) is 0. The first-order valence-electron chi connectivity index (χ1n) is 7.29. The maximum atomic E-state index is 4.60. The van der Waals surface area contributed by atoms with Crippen LogP contribution in [0.2, 0.25) is 0 Å². The third-order valence-electron chi connectivity index (χ3n) is 3.52. The average molecular weight is 256 g/mol. The molecule has 0 fully saturated rings. The fourth-order valence-electron chi connectivity index (χ4n) is 2.47. The van der Waals surface area contributed by atoms with Gasteiger partial charge in [-0.05, 0) is 57.4 Å². The first-order chi connectivity index (χ1) is 9.20. The molecule has 0 aliphatic carbocycles. The SMILES string of the molecule is CCCNC(C)CCc1cc(C)nc2ccccc12. The van der Waals surface area contributed by atoms with Gasteiger partial charge in [-0.25, -0.2) is 0 Å². The van der Waals surface area contributed by atoms with E-state index in [1.807, 2.05) is 0 Å². The molecule has 0 aliphatic heterocycles. The summed E-state index contributed by atoms with van der Waals surface area (Å²) < 4.78 is 0. The van der Waals surface area contributed by atoms with Crippen molar-refractivity contribution < 1.29 is 0 Å². The van der Waals surface area contributed by atoms with Gasteiger partial charge in [0.15, 0.2) is 0 Å². The Bertz CT molecular complexity index is 534. The molecule has 102 valence electrons.